The predicted molar refractivity (Wildman–Crippen MR) is 150 cm³/mol. The second-order valence-corrected chi connectivity index (χ2v) is 8.69. The second kappa shape index (κ2) is 9.32. The van der Waals surface area contributed by atoms with Crippen molar-refractivity contribution in [3.05, 3.63) is 152 Å². The standard InChI is InChI=1S/C34H25N/c1-3-11-32(12-4-1)35(33-13-5-2-6-14-33)34-23-21-28(22-24-34)27-15-17-29(18-16-27)31-20-19-26-9-7-8-10-30(26)25-31/h1-25H. The van der Waals surface area contributed by atoms with E-state index in [1.54, 1.807) is 0 Å². The number of benzene rings is 6. The van der Waals surface area contributed by atoms with Gasteiger partial charge in [-0.25, -0.2) is 0 Å². The molecule has 0 unspecified atom stereocenters. The Morgan fingerprint density at radius 2 is 0.686 bits per heavy atom. The van der Waals surface area contributed by atoms with Gasteiger partial charge in [-0.2, -0.15) is 0 Å². The first-order chi connectivity index (χ1) is 17.3. The number of para-hydroxylation sites is 2. The minimum Gasteiger partial charge on any atom is -0.311 e. The maximum atomic E-state index is 2.28. The van der Waals surface area contributed by atoms with Crippen LogP contribution in [0.2, 0.25) is 0 Å². The fraction of sp³-hybridized carbons (Fsp3) is 0. The normalized spacial score (nSPS) is 10.9. The highest BCUT2D eigenvalue weighted by atomic mass is 15.1. The molecular formula is C34H25N. The van der Waals surface area contributed by atoms with E-state index in [2.05, 4.69) is 157 Å². The third-order valence-electron chi connectivity index (χ3n) is 6.46. The Balaban J connectivity index is 1.29. The van der Waals surface area contributed by atoms with E-state index in [0.29, 0.717) is 0 Å². The molecule has 35 heavy (non-hydrogen) atoms. The Bertz CT molecular complexity index is 1510. The molecule has 6 rings (SSSR count). The van der Waals surface area contributed by atoms with Crippen LogP contribution in [0.5, 0.6) is 0 Å². The molecule has 166 valence electrons. The lowest BCUT2D eigenvalue weighted by molar-refractivity contribution is 1.28. The number of nitrogens with zero attached hydrogens (tertiary/aromatic N) is 1. The zero-order valence-corrected chi connectivity index (χ0v) is 19.4. The highest BCUT2D eigenvalue weighted by Gasteiger charge is 2.12. The molecule has 1 nitrogen and oxygen atoms in total. The van der Waals surface area contributed by atoms with Crippen LogP contribution in [-0.4, -0.2) is 0 Å². The summed E-state index contributed by atoms with van der Waals surface area (Å²) in [6, 6.07) is 53.9. The van der Waals surface area contributed by atoms with Gasteiger partial charge in [0.05, 0.1) is 0 Å². The van der Waals surface area contributed by atoms with Crippen LogP contribution < -0.4 is 4.90 Å². The average molecular weight is 448 g/mol. The molecule has 0 saturated carbocycles. The molecule has 0 aliphatic rings. The van der Waals surface area contributed by atoms with Crippen molar-refractivity contribution in [1.82, 2.24) is 0 Å². The summed E-state index contributed by atoms with van der Waals surface area (Å²) in [7, 11) is 0. The van der Waals surface area contributed by atoms with Crippen molar-refractivity contribution in [3.63, 3.8) is 0 Å². The number of anilines is 3. The molecule has 0 atom stereocenters. The van der Waals surface area contributed by atoms with Crippen molar-refractivity contribution < 1.29 is 0 Å². The Labute approximate surface area is 206 Å². The highest BCUT2D eigenvalue weighted by molar-refractivity contribution is 5.87. The van der Waals surface area contributed by atoms with Gasteiger partial charge in [0.2, 0.25) is 0 Å². The van der Waals surface area contributed by atoms with Crippen molar-refractivity contribution in [1.29, 1.82) is 0 Å². The number of fused-ring (bicyclic) bond motifs is 1. The van der Waals surface area contributed by atoms with E-state index in [4.69, 9.17) is 0 Å². The summed E-state index contributed by atoms with van der Waals surface area (Å²) in [5, 5.41) is 2.54. The van der Waals surface area contributed by atoms with E-state index in [1.165, 1.54) is 33.0 Å². The molecule has 0 heterocycles. The molecule has 0 saturated heterocycles. The highest BCUT2D eigenvalue weighted by Crippen LogP contribution is 2.35. The Hall–Kier alpha value is -4.62. The lowest BCUT2D eigenvalue weighted by atomic mass is 9.98. The lowest BCUT2D eigenvalue weighted by Crippen LogP contribution is -2.09. The van der Waals surface area contributed by atoms with Crippen molar-refractivity contribution in [2.45, 2.75) is 0 Å². The fourth-order valence-corrected chi connectivity index (χ4v) is 4.63. The summed E-state index contributed by atoms with van der Waals surface area (Å²) in [5.41, 5.74) is 8.32. The largest absolute Gasteiger partial charge is 0.311 e. The third-order valence-corrected chi connectivity index (χ3v) is 6.46. The van der Waals surface area contributed by atoms with Gasteiger partial charge in [0.1, 0.15) is 0 Å². The maximum absolute atomic E-state index is 2.28. The van der Waals surface area contributed by atoms with Gasteiger partial charge in [-0.05, 0) is 75.5 Å². The number of rotatable bonds is 5. The molecule has 6 aromatic carbocycles. The summed E-state index contributed by atoms with van der Waals surface area (Å²) >= 11 is 0. The monoisotopic (exact) mass is 447 g/mol. The van der Waals surface area contributed by atoms with Crippen molar-refractivity contribution >= 4 is 27.8 Å². The van der Waals surface area contributed by atoms with Crippen LogP contribution in [0.4, 0.5) is 17.1 Å². The summed E-state index contributed by atoms with van der Waals surface area (Å²) in [6.07, 6.45) is 0. The molecular weight excluding hydrogens is 422 g/mol. The zero-order valence-electron chi connectivity index (χ0n) is 19.4. The number of hydrogen-bond donors (Lipinski definition) is 0. The molecule has 0 fully saturated rings. The summed E-state index contributed by atoms with van der Waals surface area (Å²) < 4.78 is 0. The van der Waals surface area contributed by atoms with E-state index in [0.717, 1.165) is 17.1 Å². The first kappa shape index (κ1) is 20.9. The smallest absolute Gasteiger partial charge is 0.0462 e. The molecule has 6 aromatic rings. The van der Waals surface area contributed by atoms with E-state index in [-0.39, 0.29) is 0 Å². The number of hydrogen-bond acceptors (Lipinski definition) is 1. The van der Waals surface area contributed by atoms with Crippen molar-refractivity contribution in [2.75, 3.05) is 4.90 Å². The van der Waals surface area contributed by atoms with Gasteiger partial charge in [-0.1, -0.05) is 109 Å². The Morgan fingerprint density at radius 1 is 0.286 bits per heavy atom. The molecule has 0 spiro atoms. The van der Waals surface area contributed by atoms with Gasteiger partial charge in [0.15, 0.2) is 0 Å². The molecule has 0 N–H and O–H groups in total. The van der Waals surface area contributed by atoms with Crippen LogP contribution in [0.25, 0.3) is 33.0 Å². The molecule has 0 bridgehead atoms. The summed E-state index contributed by atoms with van der Waals surface area (Å²) in [6.45, 7) is 0. The SMILES string of the molecule is c1ccc(N(c2ccccc2)c2ccc(-c3ccc(-c4ccc5ccccc5c4)cc3)cc2)cc1. The van der Waals surface area contributed by atoms with Crippen LogP contribution in [0.3, 0.4) is 0 Å². The van der Waals surface area contributed by atoms with Gasteiger partial charge in [-0.3, -0.25) is 0 Å². The molecule has 1 heteroatoms. The van der Waals surface area contributed by atoms with E-state index in [9.17, 15) is 0 Å². The first-order valence-electron chi connectivity index (χ1n) is 12.0. The second-order valence-electron chi connectivity index (χ2n) is 8.69. The predicted octanol–water partition coefficient (Wildman–Crippen LogP) is 9.64. The van der Waals surface area contributed by atoms with Gasteiger partial charge in [-0.15, -0.1) is 0 Å². The minimum absolute atomic E-state index is 1.14. The first-order valence-corrected chi connectivity index (χ1v) is 12.0. The molecule has 0 radical (unpaired) electrons. The maximum Gasteiger partial charge on any atom is 0.0462 e. The third kappa shape index (κ3) is 4.32. The molecule has 0 aromatic heterocycles. The van der Waals surface area contributed by atoms with Crippen LogP contribution in [0.15, 0.2) is 152 Å². The fourth-order valence-electron chi connectivity index (χ4n) is 4.63. The van der Waals surface area contributed by atoms with Gasteiger partial charge in [0.25, 0.3) is 0 Å². The Morgan fingerprint density at radius 3 is 1.26 bits per heavy atom. The molecule has 0 aliphatic heterocycles. The van der Waals surface area contributed by atoms with Crippen molar-refractivity contribution in [2.24, 2.45) is 0 Å². The quantitative estimate of drug-likeness (QED) is 0.254. The van der Waals surface area contributed by atoms with E-state index >= 15 is 0 Å². The van der Waals surface area contributed by atoms with E-state index < -0.39 is 0 Å². The van der Waals surface area contributed by atoms with Crippen molar-refractivity contribution in [3.8, 4) is 22.3 Å². The topological polar surface area (TPSA) is 3.24 Å². The summed E-state index contributed by atoms with van der Waals surface area (Å²) in [4.78, 5) is 2.28. The van der Waals surface area contributed by atoms with Crippen LogP contribution in [0.1, 0.15) is 0 Å². The van der Waals surface area contributed by atoms with Gasteiger partial charge in [0, 0.05) is 17.1 Å². The Kier molecular flexibility index (Phi) is 5.58. The van der Waals surface area contributed by atoms with Gasteiger partial charge < -0.3 is 4.90 Å². The van der Waals surface area contributed by atoms with Gasteiger partial charge >= 0.3 is 0 Å². The molecule has 0 aliphatic carbocycles. The van der Waals surface area contributed by atoms with Crippen LogP contribution >= 0.6 is 0 Å². The minimum atomic E-state index is 1.14. The van der Waals surface area contributed by atoms with Crippen LogP contribution in [0, 0.1) is 0 Å². The lowest BCUT2D eigenvalue weighted by Gasteiger charge is -2.25. The average Bonchev–Trinajstić information content (AvgIpc) is 2.95. The van der Waals surface area contributed by atoms with E-state index in [1.807, 2.05) is 0 Å². The van der Waals surface area contributed by atoms with Crippen LogP contribution in [-0.2, 0) is 0 Å². The molecule has 0 amide bonds. The summed E-state index contributed by atoms with van der Waals surface area (Å²) in [5.74, 6) is 0. The zero-order chi connectivity index (χ0) is 23.5.